The summed E-state index contributed by atoms with van der Waals surface area (Å²) in [5, 5.41) is 26.1. The molecule has 0 spiro atoms. The van der Waals surface area contributed by atoms with E-state index in [1.165, 1.54) is 17.1 Å². The number of nitrogens with one attached hydrogen (secondary N) is 2. The van der Waals surface area contributed by atoms with Crippen molar-refractivity contribution in [2.45, 2.75) is 24.7 Å². The van der Waals surface area contributed by atoms with Gasteiger partial charge in [0, 0.05) is 47.0 Å². The number of nitrogens with zero attached hydrogens (tertiary/aromatic N) is 5. The number of aromatic carboxylic acids is 1. The maximum atomic E-state index is 14.9. The summed E-state index contributed by atoms with van der Waals surface area (Å²) in [6, 6.07) is 6.75. The third-order valence-electron chi connectivity index (χ3n) is 6.48. The van der Waals surface area contributed by atoms with Crippen LogP contribution >= 0.6 is 22.9 Å². The Kier molecular flexibility index (Phi) is 5.41. The first-order valence-corrected chi connectivity index (χ1v) is 12.2. The number of halogens is 2. The summed E-state index contributed by atoms with van der Waals surface area (Å²) >= 11 is 7.33. The Morgan fingerprint density at radius 1 is 1.28 bits per heavy atom. The van der Waals surface area contributed by atoms with Gasteiger partial charge in [-0.25, -0.2) is 14.5 Å². The second-order valence-electron chi connectivity index (χ2n) is 8.59. The number of ketones is 1. The number of allylic oxidation sites excluding steroid dienone is 1. The Hall–Kier alpha value is -3.90. The Labute approximate surface area is 211 Å². The fraction of sp³-hybridized carbons (Fsp3) is 0.217. The number of carbonyl (C=O) groups excluding carboxylic acids is 1. The van der Waals surface area contributed by atoms with Crippen molar-refractivity contribution >= 4 is 34.7 Å². The molecule has 6 rings (SSSR count). The van der Waals surface area contributed by atoms with Crippen molar-refractivity contribution in [3.8, 4) is 16.9 Å². The third kappa shape index (κ3) is 3.78. The second-order valence-corrected chi connectivity index (χ2v) is 9.94. The first-order chi connectivity index (χ1) is 17.4. The number of carbonyl (C=O) groups is 2. The molecule has 0 saturated heterocycles. The number of aromatic nitrogens is 6. The van der Waals surface area contributed by atoms with E-state index < -0.39 is 11.9 Å². The molecule has 0 bridgehead atoms. The molecule has 0 amide bonds. The monoisotopic (exact) mass is 525 g/mol. The van der Waals surface area contributed by atoms with Crippen molar-refractivity contribution in [3.63, 3.8) is 0 Å². The van der Waals surface area contributed by atoms with Gasteiger partial charge in [0.05, 0.1) is 11.6 Å². The fourth-order valence-corrected chi connectivity index (χ4v) is 5.84. The van der Waals surface area contributed by atoms with Crippen molar-refractivity contribution in [3.05, 3.63) is 74.5 Å². The number of tetrazole rings is 1. The lowest BCUT2D eigenvalue weighted by molar-refractivity contribution is -0.119. The summed E-state index contributed by atoms with van der Waals surface area (Å²) in [6.45, 7) is 0.436. The number of H-pyrrole nitrogens is 1. The summed E-state index contributed by atoms with van der Waals surface area (Å²) in [4.78, 5) is 31.4. The lowest BCUT2D eigenvalue weighted by Crippen LogP contribution is -2.23. The number of hydrogen-bond donors (Lipinski definition) is 3. The zero-order valence-corrected chi connectivity index (χ0v) is 20.0. The summed E-state index contributed by atoms with van der Waals surface area (Å²) in [5.74, 6) is -1.95. The van der Waals surface area contributed by atoms with E-state index in [1.54, 1.807) is 17.5 Å². The van der Waals surface area contributed by atoms with E-state index in [0.29, 0.717) is 28.6 Å². The predicted octanol–water partition coefficient (Wildman–Crippen LogP) is 3.69. The molecule has 13 heteroatoms. The Balaban J connectivity index is 1.39. The van der Waals surface area contributed by atoms with Crippen LogP contribution in [-0.2, 0) is 4.79 Å². The van der Waals surface area contributed by atoms with Gasteiger partial charge in [-0.2, -0.15) is 4.39 Å². The van der Waals surface area contributed by atoms with Crippen LogP contribution in [0.15, 0.2) is 47.2 Å². The maximum absolute atomic E-state index is 14.9. The summed E-state index contributed by atoms with van der Waals surface area (Å²) < 4.78 is 16.4. The van der Waals surface area contributed by atoms with E-state index in [2.05, 4.69) is 30.8 Å². The van der Waals surface area contributed by atoms with Crippen LogP contribution in [0.25, 0.3) is 16.9 Å². The molecule has 1 aliphatic carbocycles. The first kappa shape index (κ1) is 22.6. The quantitative estimate of drug-likeness (QED) is 0.358. The number of carboxylic acid groups (broad SMARTS) is 1. The highest BCUT2D eigenvalue weighted by atomic mass is 35.5. The SMILES string of the molecule is O=C1CC2=C(NC[C@H]2c2nc(-c3csc(C(=O)O)c3)c(F)[nH]2)[C@H](c2cc(Cl)ccc2-n2cnnn2)C1. The standard InChI is InChI=1S/C23H17ClFN7O3S/c24-11-1-2-17(32-9-27-30-31-32)13(4-11)14-5-12(33)6-15-16(7-26-20(14)15)22-28-19(21(25)29-22)10-3-18(23(34)35)36-8-10/h1-4,8-9,14,16,26H,5-7H2,(H,28,29)(H,34,35)/t14-,16+/m0/s1. The highest BCUT2D eigenvalue weighted by Crippen LogP contribution is 2.45. The van der Waals surface area contributed by atoms with Gasteiger partial charge >= 0.3 is 5.97 Å². The number of aromatic amines is 1. The van der Waals surface area contributed by atoms with Gasteiger partial charge in [-0.15, -0.1) is 16.4 Å². The van der Waals surface area contributed by atoms with Gasteiger partial charge < -0.3 is 15.4 Å². The Morgan fingerprint density at radius 3 is 2.89 bits per heavy atom. The molecule has 2 aliphatic rings. The topological polar surface area (TPSA) is 139 Å². The van der Waals surface area contributed by atoms with Crippen molar-refractivity contribution in [2.24, 2.45) is 0 Å². The number of thiophene rings is 1. The van der Waals surface area contributed by atoms with Crippen molar-refractivity contribution in [2.75, 3.05) is 6.54 Å². The van der Waals surface area contributed by atoms with Crippen LogP contribution in [0.1, 0.15) is 45.7 Å². The van der Waals surface area contributed by atoms with Crippen LogP contribution in [0, 0.1) is 5.95 Å². The normalized spacial score (nSPS) is 19.4. The molecule has 1 aromatic carbocycles. The van der Waals surface area contributed by atoms with Gasteiger partial charge in [-0.05, 0) is 45.8 Å². The lowest BCUT2D eigenvalue weighted by Gasteiger charge is -2.27. The molecule has 0 fully saturated rings. The summed E-state index contributed by atoms with van der Waals surface area (Å²) in [6.07, 6.45) is 1.98. The van der Waals surface area contributed by atoms with Crippen LogP contribution in [-0.4, -0.2) is 53.6 Å². The highest BCUT2D eigenvalue weighted by molar-refractivity contribution is 7.12. The zero-order valence-electron chi connectivity index (χ0n) is 18.4. The average molecular weight is 526 g/mol. The van der Waals surface area contributed by atoms with E-state index in [4.69, 9.17) is 11.6 Å². The number of Topliss-reactive ketones (excluding diaryl/α,β-unsaturated/α-hetero) is 1. The zero-order chi connectivity index (χ0) is 25.0. The molecule has 3 aromatic heterocycles. The van der Waals surface area contributed by atoms with Gasteiger partial charge in [0.25, 0.3) is 0 Å². The minimum absolute atomic E-state index is 0.0475. The Bertz CT molecular complexity index is 1540. The van der Waals surface area contributed by atoms with Gasteiger partial charge in [0.15, 0.2) is 0 Å². The number of hydrogen-bond acceptors (Lipinski definition) is 8. The highest BCUT2D eigenvalue weighted by Gasteiger charge is 2.39. The van der Waals surface area contributed by atoms with Crippen LogP contribution in [0.4, 0.5) is 4.39 Å². The molecule has 1 aliphatic heterocycles. The smallest absolute Gasteiger partial charge is 0.345 e. The minimum Gasteiger partial charge on any atom is -0.477 e. The minimum atomic E-state index is -1.08. The molecule has 10 nitrogen and oxygen atoms in total. The van der Waals surface area contributed by atoms with E-state index >= 15 is 0 Å². The van der Waals surface area contributed by atoms with E-state index in [1.807, 2.05) is 6.07 Å². The third-order valence-corrected chi connectivity index (χ3v) is 7.64. The number of benzene rings is 1. The molecule has 182 valence electrons. The second kappa shape index (κ2) is 8.64. The average Bonchev–Trinajstić information content (AvgIpc) is 3.64. The molecular weight excluding hydrogens is 509 g/mol. The number of carboxylic acids is 1. The molecule has 0 unspecified atom stereocenters. The van der Waals surface area contributed by atoms with Crippen LogP contribution in [0.2, 0.25) is 5.02 Å². The first-order valence-electron chi connectivity index (χ1n) is 11.0. The predicted molar refractivity (Wildman–Crippen MR) is 128 cm³/mol. The van der Waals surface area contributed by atoms with Crippen molar-refractivity contribution < 1.29 is 19.1 Å². The van der Waals surface area contributed by atoms with Gasteiger partial charge in [0.2, 0.25) is 5.95 Å². The van der Waals surface area contributed by atoms with E-state index in [0.717, 1.165) is 28.2 Å². The van der Waals surface area contributed by atoms with Crippen LogP contribution in [0.5, 0.6) is 0 Å². The molecule has 4 aromatic rings. The molecule has 3 N–H and O–H groups in total. The van der Waals surface area contributed by atoms with Gasteiger partial charge in [-0.1, -0.05) is 11.6 Å². The van der Waals surface area contributed by atoms with Crippen LogP contribution in [0.3, 0.4) is 0 Å². The molecule has 36 heavy (non-hydrogen) atoms. The number of imidazole rings is 1. The molecule has 4 heterocycles. The van der Waals surface area contributed by atoms with Crippen molar-refractivity contribution in [1.82, 2.24) is 35.5 Å². The largest absolute Gasteiger partial charge is 0.477 e. The molecule has 0 radical (unpaired) electrons. The molecular formula is C23H17ClFN7O3S. The van der Waals surface area contributed by atoms with E-state index in [-0.39, 0.29) is 41.0 Å². The van der Waals surface area contributed by atoms with Crippen molar-refractivity contribution in [1.29, 1.82) is 0 Å². The summed E-state index contributed by atoms with van der Waals surface area (Å²) in [5.41, 5.74) is 3.68. The number of rotatable bonds is 5. The fourth-order valence-electron chi connectivity index (χ4n) is 4.93. The molecule has 2 atom stereocenters. The lowest BCUT2D eigenvalue weighted by atomic mass is 9.79. The Morgan fingerprint density at radius 2 is 2.14 bits per heavy atom. The maximum Gasteiger partial charge on any atom is 0.345 e. The van der Waals surface area contributed by atoms with E-state index in [9.17, 15) is 19.1 Å². The molecule has 0 saturated carbocycles. The van der Waals surface area contributed by atoms with Gasteiger partial charge in [-0.3, -0.25) is 4.79 Å². The van der Waals surface area contributed by atoms with Crippen LogP contribution < -0.4 is 5.32 Å². The summed E-state index contributed by atoms with van der Waals surface area (Å²) in [7, 11) is 0. The van der Waals surface area contributed by atoms with Gasteiger partial charge in [0.1, 0.15) is 28.5 Å².